The van der Waals surface area contributed by atoms with Crippen LogP contribution in [0.2, 0.25) is 0 Å². The topological polar surface area (TPSA) is 79.4 Å². The Bertz CT molecular complexity index is 739. The molecule has 1 amide bonds. The summed E-state index contributed by atoms with van der Waals surface area (Å²) in [6, 6.07) is 7.56. The summed E-state index contributed by atoms with van der Waals surface area (Å²) >= 11 is 0. The predicted octanol–water partition coefficient (Wildman–Crippen LogP) is 2.09. The van der Waals surface area contributed by atoms with E-state index in [9.17, 15) is 4.79 Å². The van der Waals surface area contributed by atoms with Gasteiger partial charge in [0, 0.05) is 38.1 Å². The van der Waals surface area contributed by atoms with Crippen molar-refractivity contribution in [3.63, 3.8) is 0 Å². The molecule has 0 atom stereocenters. The van der Waals surface area contributed by atoms with E-state index in [2.05, 4.69) is 31.6 Å². The number of hydrogen-bond donors (Lipinski definition) is 2. The van der Waals surface area contributed by atoms with Crippen molar-refractivity contribution in [3.8, 4) is 0 Å². The third-order valence-corrected chi connectivity index (χ3v) is 4.18. The van der Waals surface area contributed by atoms with Crippen molar-refractivity contribution in [2.24, 2.45) is 0 Å². The van der Waals surface area contributed by atoms with E-state index in [1.807, 2.05) is 26.0 Å². The van der Waals surface area contributed by atoms with Gasteiger partial charge in [0.25, 0.3) is 5.91 Å². The van der Waals surface area contributed by atoms with E-state index >= 15 is 0 Å². The number of carbonyl (C=O) groups excluding carboxylic acids is 1. The smallest absolute Gasteiger partial charge is 0.274 e. The Morgan fingerprint density at radius 2 is 1.92 bits per heavy atom. The molecule has 2 heterocycles. The van der Waals surface area contributed by atoms with Gasteiger partial charge >= 0.3 is 0 Å². The number of amides is 1. The number of aryl methyl sites for hydroxylation is 2. The molecule has 0 spiro atoms. The zero-order valence-corrected chi connectivity index (χ0v) is 15.3. The molecule has 1 aromatic carbocycles. The lowest BCUT2D eigenvalue weighted by Gasteiger charge is -2.26. The zero-order chi connectivity index (χ0) is 18.4. The Morgan fingerprint density at radius 3 is 2.65 bits per heavy atom. The Hall–Kier alpha value is -2.51. The fourth-order valence-electron chi connectivity index (χ4n) is 2.96. The minimum absolute atomic E-state index is 0.242. The van der Waals surface area contributed by atoms with Crippen molar-refractivity contribution in [3.05, 3.63) is 47.3 Å². The van der Waals surface area contributed by atoms with Crippen molar-refractivity contribution in [1.29, 1.82) is 0 Å². The Balaban J connectivity index is 1.56. The van der Waals surface area contributed by atoms with Crippen molar-refractivity contribution in [2.75, 3.05) is 50.0 Å². The maximum absolute atomic E-state index is 12.5. The predicted molar refractivity (Wildman–Crippen MR) is 102 cm³/mol. The molecular formula is C19H25N5O2. The molecule has 2 N–H and O–H groups in total. The lowest BCUT2D eigenvalue weighted by molar-refractivity contribution is 0.0398. The molecule has 1 fully saturated rings. The zero-order valence-electron chi connectivity index (χ0n) is 15.3. The summed E-state index contributed by atoms with van der Waals surface area (Å²) in [5.74, 6) is 0.222. The first-order valence-electron chi connectivity index (χ1n) is 8.87. The van der Waals surface area contributed by atoms with Gasteiger partial charge in [0.15, 0.2) is 0 Å². The van der Waals surface area contributed by atoms with Crippen LogP contribution in [0.5, 0.6) is 0 Å². The van der Waals surface area contributed by atoms with Gasteiger partial charge in [-0.1, -0.05) is 6.07 Å². The molecule has 2 aromatic rings. The van der Waals surface area contributed by atoms with E-state index in [1.54, 1.807) is 12.3 Å². The highest BCUT2D eigenvalue weighted by Gasteiger charge is 2.11. The van der Waals surface area contributed by atoms with Gasteiger partial charge in [-0.25, -0.2) is 9.97 Å². The molecule has 0 saturated carbocycles. The van der Waals surface area contributed by atoms with Gasteiger partial charge < -0.3 is 15.4 Å². The first-order valence-corrected chi connectivity index (χ1v) is 8.87. The number of rotatable bonds is 6. The van der Waals surface area contributed by atoms with E-state index < -0.39 is 0 Å². The molecule has 3 rings (SSSR count). The minimum Gasteiger partial charge on any atom is -0.379 e. The fraction of sp³-hybridized carbons (Fsp3) is 0.421. The second kappa shape index (κ2) is 8.73. The van der Waals surface area contributed by atoms with Crippen LogP contribution in [0.1, 0.15) is 21.6 Å². The summed E-state index contributed by atoms with van der Waals surface area (Å²) < 4.78 is 5.34. The number of nitrogens with one attached hydrogen (secondary N) is 2. The third-order valence-electron chi connectivity index (χ3n) is 4.18. The van der Waals surface area contributed by atoms with Crippen molar-refractivity contribution in [2.45, 2.75) is 13.8 Å². The minimum atomic E-state index is -0.242. The van der Waals surface area contributed by atoms with Gasteiger partial charge in [0.1, 0.15) is 5.69 Å². The van der Waals surface area contributed by atoms with Gasteiger partial charge in [0.05, 0.1) is 13.2 Å². The first kappa shape index (κ1) is 18.3. The van der Waals surface area contributed by atoms with E-state index in [4.69, 9.17) is 4.74 Å². The standard InChI is InChI=1S/C19H25N5O2/c1-14-11-15(2)13-16(12-14)22-18(25)17-3-4-20-19(23-17)21-5-6-24-7-9-26-10-8-24/h3-4,11-13H,5-10H2,1-2H3,(H,22,25)(H,20,21,23). The summed E-state index contributed by atoms with van der Waals surface area (Å²) in [5, 5.41) is 6.08. The summed E-state index contributed by atoms with van der Waals surface area (Å²) in [6.45, 7) is 9.08. The lowest BCUT2D eigenvalue weighted by Crippen LogP contribution is -2.39. The number of anilines is 2. The van der Waals surface area contributed by atoms with Crippen LogP contribution in [0.15, 0.2) is 30.5 Å². The van der Waals surface area contributed by atoms with Gasteiger partial charge in [-0.3, -0.25) is 9.69 Å². The number of hydrogen-bond acceptors (Lipinski definition) is 6. The maximum Gasteiger partial charge on any atom is 0.274 e. The Labute approximate surface area is 153 Å². The quantitative estimate of drug-likeness (QED) is 0.826. The number of ether oxygens (including phenoxy) is 1. The summed E-state index contributed by atoms with van der Waals surface area (Å²) in [7, 11) is 0. The van der Waals surface area contributed by atoms with Crippen LogP contribution in [-0.2, 0) is 4.74 Å². The van der Waals surface area contributed by atoms with Crippen LogP contribution in [0.3, 0.4) is 0 Å². The van der Waals surface area contributed by atoms with E-state index in [0.29, 0.717) is 11.6 Å². The van der Waals surface area contributed by atoms with Crippen LogP contribution in [-0.4, -0.2) is 60.2 Å². The highest BCUT2D eigenvalue weighted by atomic mass is 16.5. The molecule has 1 aromatic heterocycles. The first-order chi connectivity index (χ1) is 12.6. The van der Waals surface area contributed by atoms with E-state index in [-0.39, 0.29) is 5.91 Å². The molecule has 0 unspecified atom stereocenters. The SMILES string of the molecule is Cc1cc(C)cc(NC(=O)c2ccnc(NCCN3CCOCC3)n2)c1. The molecule has 138 valence electrons. The van der Waals surface area contributed by atoms with E-state index in [0.717, 1.165) is 56.2 Å². The monoisotopic (exact) mass is 355 g/mol. The van der Waals surface area contributed by atoms with Crippen LogP contribution < -0.4 is 10.6 Å². The highest BCUT2D eigenvalue weighted by molar-refractivity contribution is 6.03. The van der Waals surface area contributed by atoms with Crippen molar-refractivity contribution < 1.29 is 9.53 Å². The van der Waals surface area contributed by atoms with Gasteiger partial charge in [-0.15, -0.1) is 0 Å². The Morgan fingerprint density at radius 1 is 1.19 bits per heavy atom. The van der Waals surface area contributed by atoms with Crippen LogP contribution in [0.25, 0.3) is 0 Å². The molecule has 26 heavy (non-hydrogen) atoms. The number of benzene rings is 1. The molecular weight excluding hydrogens is 330 g/mol. The second-order valence-electron chi connectivity index (χ2n) is 6.48. The molecule has 7 nitrogen and oxygen atoms in total. The van der Waals surface area contributed by atoms with Gasteiger partial charge in [0.2, 0.25) is 5.95 Å². The van der Waals surface area contributed by atoms with Gasteiger partial charge in [-0.2, -0.15) is 0 Å². The van der Waals surface area contributed by atoms with E-state index in [1.165, 1.54) is 0 Å². The van der Waals surface area contributed by atoms with Crippen LogP contribution in [0.4, 0.5) is 11.6 Å². The summed E-state index contributed by atoms with van der Waals surface area (Å²) in [5.41, 5.74) is 3.32. The average molecular weight is 355 g/mol. The highest BCUT2D eigenvalue weighted by Crippen LogP contribution is 2.14. The van der Waals surface area contributed by atoms with Gasteiger partial charge in [-0.05, 0) is 43.2 Å². The lowest BCUT2D eigenvalue weighted by atomic mass is 10.1. The molecule has 0 radical (unpaired) electrons. The molecule has 1 aliphatic heterocycles. The third kappa shape index (κ3) is 5.24. The number of morpholine rings is 1. The fourth-order valence-corrected chi connectivity index (χ4v) is 2.96. The average Bonchev–Trinajstić information content (AvgIpc) is 2.62. The normalized spacial score (nSPS) is 14.8. The molecule has 7 heteroatoms. The van der Waals surface area contributed by atoms with Crippen molar-refractivity contribution in [1.82, 2.24) is 14.9 Å². The summed E-state index contributed by atoms with van der Waals surface area (Å²) in [6.07, 6.45) is 1.60. The molecule has 1 aliphatic rings. The Kier molecular flexibility index (Phi) is 6.14. The number of aromatic nitrogens is 2. The van der Waals surface area contributed by atoms with Crippen LogP contribution in [0, 0.1) is 13.8 Å². The largest absolute Gasteiger partial charge is 0.379 e. The molecule has 1 saturated heterocycles. The van der Waals surface area contributed by atoms with Crippen LogP contribution >= 0.6 is 0 Å². The molecule has 0 aliphatic carbocycles. The molecule has 0 bridgehead atoms. The maximum atomic E-state index is 12.5. The second-order valence-corrected chi connectivity index (χ2v) is 6.48. The van der Waals surface area contributed by atoms with Crippen molar-refractivity contribution >= 4 is 17.5 Å². The number of nitrogens with zero attached hydrogens (tertiary/aromatic N) is 3. The summed E-state index contributed by atoms with van der Waals surface area (Å²) in [4.78, 5) is 23.3. The number of carbonyl (C=O) groups is 1.